The van der Waals surface area contributed by atoms with Crippen LogP contribution in [0.15, 0.2) is 52.3 Å². The number of carbonyl (C=O) groups is 1. The van der Waals surface area contributed by atoms with E-state index in [1.165, 1.54) is 23.9 Å². The van der Waals surface area contributed by atoms with E-state index in [4.69, 9.17) is 9.72 Å². The molecule has 0 radical (unpaired) electrons. The van der Waals surface area contributed by atoms with Crippen molar-refractivity contribution < 1.29 is 13.9 Å². The predicted molar refractivity (Wildman–Crippen MR) is 135 cm³/mol. The van der Waals surface area contributed by atoms with Crippen molar-refractivity contribution in [3.05, 3.63) is 48.3 Å². The molecule has 5 nitrogen and oxygen atoms in total. The number of thioether (sulfide) groups is 2. The maximum Gasteiger partial charge on any atom is 0.239 e. The lowest BCUT2D eigenvalue weighted by Gasteiger charge is -2.29. The van der Waals surface area contributed by atoms with Crippen molar-refractivity contribution >= 4 is 68.5 Å². The highest BCUT2D eigenvalue weighted by molar-refractivity contribution is 8.00. The molecule has 172 valence electrons. The maximum absolute atomic E-state index is 13.2. The highest BCUT2D eigenvalue weighted by Gasteiger charge is 2.22. The molecule has 0 saturated carbocycles. The number of amides is 1. The Morgan fingerprint density at radius 1 is 1.22 bits per heavy atom. The second-order valence-electron chi connectivity index (χ2n) is 7.05. The van der Waals surface area contributed by atoms with E-state index >= 15 is 0 Å². The number of aromatic nitrogens is 1. The fourth-order valence-corrected chi connectivity index (χ4v) is 5.78. The average molecular weight is 514 g/mol. The van der Waals surface area contributed by atoms with E-state index in [0.29, 0.717) is 6.54 Å². The van der Waals surface area contributed by atoms with Crippen molar-refractivity contribution in [2.45, 2.75) is 9.79 Å². The van der Waals surface area contributed by atoms with E-state index < -0.39 is 0 Å². The van der Waals surface area contributed by atoms with E-state index in [-0.39, 0.29) is 29.9 Å². The smallest absolute Gasteiger partial charge is 0.239 e. The van der Waals surface area contributed by atoms with Gasteiger partial charge in [-0.15, -0.1) is 35.9 Å². The molecule has 0 N–H and O–H groups in total. The van der Waals surface area contributed by atoms with Gasteiger partial charge in [-0.05, 0) is 42.7 Å². The van der Waals surface area contributed by atoms with Crippen LogP contribution in [-0.2, 0) is 9.53 Å². The van der Waals surface area contributed by atoms with Gasteiger partial charge in [-0.3, -0.25) is 14.6 Å². The van der Waals surface area contributed by atoms with E-state index in [0.717, 1.165) is 58.0 Å². The number of hydrogen-bond acceptors (Lipinski definition) is 7. The second kappa shape index (κ2) is 12.2. The number of benzene rings is 2. The van der Waals surface area contributed by atoms with Gasteiger partial charge in [0, 0.05) is 36.0 Å². The third kappa shape index (κ3) is 6.36. The zero-order valence-corrected chi connectivity index (χ0v) is 20.9. The molecular formula is C22H25ClFN3O2S3. The molecule has 1 fully saturated rings. The van der Waals surface area contributed by atoms with Gasteiger partial charge in [0.05, 0.1) is 29.2 Å². The summed E-state index contributed by atoms with van der Waals surface area (Å²) in [5.74, 6) is 0.00860. The molecule has 0 atom stereocenters. The fraction of sp³-hybridized carbons (Fsp3) is 0.364. The Bertz CT molecular complexity index is 1030. The number of carbonyl (C=O) groups excluding carboxylic acids is 1. The van der Waals surface area contributed by atoms with Crippen molar-refractivity contribution in [2.24, 2.45) is 0 Å². The number of para-hydroxylation sites is 1. The first-order valence-corrected chi connectivity index (χ1v) is 13.1. The number of hydrogen-bond donors (Lipinski definition) is 0. The van der Waals surface area contributed by atoms with Crippen molar-refractivity contribution in [3.8, 4) is 0 Å². The van der Waals surface area contributed by atoms with E-state index in [1.54, 1.807) is 40.1 Å². The first-order valence-electron chi connectivity index (χ1n) is 10.1. The molecule has 1 aliphatic rings. The Morgan fingerprint density at radius 2 is 1.97 bits per heavy atom. The largest absolute Gasteiger partial charge is 0.379 e. The number of rotatable bonds is 8. The zero-order valence-electron chi connectivity index (χ0n) is 17.7. The van der Waals surface area contributed by atoms with Gasteiger partial charge < -0.3 is 4.74 Å². The minimum atomic E-state index is -0.276. The molecule has 0 spiro atoms. The minimum Gasteiger partial charge on any atom is -0.379 e. The second-order valence-corrected chi connectivity index (χ2v) is 9.95. The van der Waals surface area contributed by atoms with Crippen LogP contribution in [0.5, 0.6) is 0 Å². The van der Waals surface area contributed by atoms with Gasteiger partial charge in [-0.1, -0.05) is 17.4 Å². The number of fused-ring (bicyclic) bond motifs is 1. The quantitative estimate of drug-likeness (QED) is 0.393. The molecule has 2 heterocycles. The molecule has 0 aliphatic carbocycles. The summed E-state index contributed by atoms with van der Waals surface area (Å²) in [5, 5.41) is 0.731. The van der Waals surface area contributed by atoms with Crippen molar-refractivity contribution in [2.75, 3.05) is 56.3 Å². The van der Waals surface area contributed by atoms with Crippen molar-refractivity contribution in [1.29, 1.82) is 0 Å². The number of anilines is 1. The summed E-state index contributed by atoms with van der Waals surface area (Å²) in [7, 11) is 0. The molecule has 10 heteroatoms. The highest BCUT2D eigenvalue weighted by Crippen LogP contribution is 2.34. The molecule has 2 aromatic carbocycles. The molecule has 32 heavy (non-hydrogen) atoms. The molecular weight excluding hydrogens is 489 g/mol. The zero-order chi connectivity index (χ0) is 21.6. The standard InChI is InChI=1S/C22H24FN3O2S3.ClH/c1-29-18-3-2-4-19-21(18)24-22(31-19)26(10-9-25-11-13-28-14-12-25)20(27)15-30-17-7-5-16(23)6-8-17;/h2-8H,9-15H2,1H3;1H. The Kier molecular flexibility index (Phi) is 9.63. The fourth-order valence-electron chi connectivity index (χ4n) is 3.34. The Hall–Kier alpha value is -1.36. The first kappa shape index (κ1) is 25.3. The highest BCUT2D eigenvalue weighted by atomic mass is 35.5. The molecule has 1 saturated heterocycles. The van der Waals surface area contributed by atoms with Gasteiger partial charge in [0.15, 0.2) is 5.13 Å². The summed E-state index contributed by atoms with van der Waals surface area (Å²) in [6.45, 7) is 4.57. The molecule has 0 bridgehead atoms. The van der Waals surface area contributed by atoms with E-state index in [1.807, 2.05) is 18.4 Å². The summed E-state index contributed by atoms with van der Waals surface area (Å²) in [4.78, 5) is 24.2. The number of nitrogens with zero attached hydrogens (tertiary/aromatic N) is 3. The number of thiazole rings is 1. The summed E-state index contributed by atoms with van der Waals surface area (Å²) in [6.07, 6.45) is 2.04. The SMILES string of the molecule is CSc1cccc2sc(N(CCN3CCOCC3)C(=O)CSc3ccc(F)cc3)nc12.Cl. The molecule has 1 amide bonds. The normalized spacial score (nSPS) is 14.3. The lowest BCUT2D eigenvalue weighted by atomic mass is 10.3. The van der Waals surface area contributed by atoms with Crippen LogP contribution in [0.4, 0.5) is 9.52 Å². The number of halogens is 2. The maximum atomic E-state index is 13.2. The third-order valence-electron chi connectivity index (χ3n) is 5.04. The summed E-state index contributed by atoms with van der Waals surface area (Å²) in [5.41, 5.74) is 0.949. The summed E-state index contributed by atoms with van der Waals surface area (Å²) >= 11 is 4.63. The van der Waals surface area contributed by atoms with Crippen molar-refractivity contribution in [1.82, 2.24) is 9.88 Å². The van der Waals surface area contributed by atoms with Gasteiger partial charge in [-0.2, -0.15) is 0 Å². The van der Waals surface area contributed by atoms with Crippen LogP contribution in [0.2, 0.25) is 0 Å². The number of ether oxygens (including phenoxy) is 1. The molecule has 1 aromatic heterocycles. The summed E-state index contributed by atoms with van der Waals surface area (Å²) in [6, 6.07) is 12.4. The molecule has 0 unspecified atom stereocenters. The number of morpholine rings is 1. The van der Waals surface area contributed by atoms with E-state index in [9.17, 15) is 9.18 Å². The lowest BCUT2D eigenvalue weighted by Crippen LogP contribution is -2.43. The molecule has 3 aromatic rings. The monoisotopic (exact) mass is 513 g/mol. The van der Waals surface area contributed by atoms with Crippen LogP contribution >= 0.6 is 47.3 Å². The van der Waals surface area contributed by atoms with Gasteiger partial charge in [0.1, 0.15) is 5.82 Å². The molecule has 1 aliphatic heterocycles. The van der Waals surface area contributed by atoms with Gasteiger partial charge in [0.2, 0.25) is 5.91 Å². The lowest BCUT2D eigenvalue weighted by molar-refractivity contribution is -0.116. The van der Waals surface area contributed by atoms with Gasteiger partial charge in [0.25, 0.3) is 0 Å². The van der Waals surface area contributed by atoms with Gasteiger partial charge in [-0.25, -0.2) is 9.37 Å². The van der Waals surface area contributed by atoms with Crippen LogP contribution in [0.1, 0.15) is 0 Å². The Morgan fingerprint density at radius 3 is 2.69 bits per heavy atom. The van der Waals surface area contributed by atoms with Gasteiger partial charge >= 0.3 is 0 Å². The van der Waals surface area contributed by atoms with Crippen molar-refractivity contribution in [3.63, 3.8) is 0 Å². The summed E-state index contributed by atoms with van der Waals surface area (Å²) < 4.78 is 19.7. The average Bonchev–Trinajstić information content (AvgIpc) is 3.23. The van der Waals surface area contributed by atoms with Crippen LogP contribution in [0.25, 0.3) is 10.2 Å². The predicted octanol–water partition coefficient (Wildman–Crippen LogP) is 5.04. The van der Waals surface area contributed by atoms with Crippen LogP contribution in [0, 0.1) is 5.82 Å². The molecule has 4 rings (SSSR count). The van der Waals surface area contributed by atoms with E-state index in [2.05, 4.69) is 11.0 Å². The Balaban J connectivity index is 0.00000289. The first-order chi connectivity index (χ1) is 15.1. The Labute approximate surface area is 206 Å². The third-order valence-corrected chi connectivity index (χ3v) is 7.85. The van der Waals surface area contributed by atoms with Crippen LogP contribution in [-0.4, -0.2) is 67.2 Å². The van der Waals surface area contributed by atoms with Crippen LogP contribution < -0.4 is 4.90 Å². The topological polar surface area (TPSA) is 45.7 Å². The minimum absolute atomic E-state index is 0. The van der Waals surface area contributed by atoms with Crippen LogP contribution in [0.3, 0.4) is 0 Å².